The van der Waals surface area contributed by atoms with Gasteiger partial charge in [-0.15, -0.1) is 11.3 Å². The van der Waals surface area contributed by atoms with Gasteiger partial charge in [-0.05, 0) is 85.6 Å². The molecule has 0 unspecified atom stereocenters. The number of benzene rings is 3. The Morgan fingerprint density at radius 3 is 2.09 bits per heavy atom. The van der Waals surface area contributed by atoms with Crippen LogP contribution < -0.4 is 16.0 Å². The Labute approximate surface area is 417 Å². The fourth-order valence-electron chi connectivity index (χ4n) is 11.0. The predicted molar refractivity (Wildman–Crippen MR) is 271 cm³/mol. The van der Waals surface area contributed by atoms with Gasteiger partial charge in [0, 0.05) is 45.3 Å². The Bertz CT molecular complexity index is 2360. The van der Waals surface area contributed by atoms with Gasteiger partial charge < -0.3 is 40.0 Å². The molecule has 1 saturated heterocycles. The number of fused-ring (bicyclic) bond motifs is 3. The van der Waals surface area contributed by atoms with E-state index in [1.165, 1.54) is 11.3 Å². The van der Waals surface area contributed by atoms with Crippen molar-refractivity contribution < 1.29 is 38.2 Å². The van der Waals surface area contributed by atoms with Crippen LogP contribution in [0.2, 0.25) is 0 Å². The van der Waals surface area contributed by atoms with Crippen LogP contribution in [0.1, 0.15) is 113 Å². The van der Waals surface area contributed by atoms with Crippen molar-refractivity contribution in [2.24, 2.45) is 17.8 Å². The van der Waals surface area contributed by atoms with Gasteiger partial charge in [0.05, 0.1) is 42.7 Å². The standard InChI is InChI=1S/C55H72N6O8S/c1-34(2)47(58-53(65)55(4,5)59-54(66)69-33-42-40-25-16-14-23-38(40)39-24-15-17-26-41(39)42)52(64)60(6)48(37-21-12-13-22-37)45(67-7)32-46(62)61-29-18-27-44(61)49(68-8)35(3)50(63)57-43(51-56-28-30-70-51)31-36-19-10-9-11-20-36/h9-11,14-17,19-20,23-26,28,30,34-35,37,42-45,47-49H,12-13,18,21-22,27,29,31-33H2,1-8H3,(H,57,63)(H,58,65)(H,59,66)/t35-,43+,44+,45-,47+,48+,49-/m1/s1. The molecule has 7 rings (SSSR count). The Balaban J connectivity index is 0.991. The molecule has 14 nitrogen and oxygen atoms in total. The summed E-state index contributed by atoms with van der Waals surface area (Å²) in [4.78, 5) is 78.8. The fraction of sp³-hybridized carbons (Fsp3) is 0.527. The number of likely N-dealkylation sites (tertiary alicyclic amines) is 1. The molecule has 1 aromatic heterocycles. The number of alkyl carbamates (subject to hydrolysis) is 1. The molecule has 3 aliphatic rings. The van der Waals surface area contributed by atoms with Crippen LogP contribution in [0.25, 0.3) is 11.1 Å². The summed E-state index contributed by atoms with van der Waals surface area (Å²) >= 11 is 1.50. The summed E-state index contributed by atoms with van der Waals surface area (Å²) in [5, 5.41) is 11.7. The first-order valence-corrected chi connectivity index (χ1v) is 25.8. The zero-order valence-corrected chi connectivity index (χ0v) is 42.8. The number of hydrogen-bond acceptors (Lipinski definition) is 10. The van der Waals surface area contributed by atoms with Crippen molar-refractivity contribution >= 4 is 41.1 Å². The third-order valence-electron chi connectivity index (χ3n) is 14.8. The summed E-state index contributed by atoms with van der Waals surface area (Å²) in [5.74, 6) is -2.15. The minimum Gasteiger partial charge on any atom is -0.449 e. The normalized spacial score (nSPS) is 18.5. The number of rotatable bonds is 21. The molecule has 3 aromatic carbocycles. The van der Waals surface area contributed by atoms with Gasteiger partial charge >= 0.3 is 6.09 Å². The van der Waals surface area contributed by atoms with E-state index >= 15 is 0 Å². The molecular weight excluding hydrogens is 905 g/mol. The van der Waals surface area contributed by atoms with Gasteiger partial charge in [0.15, 0.2) is 0 Å². The van der Waals surface area contributed by atoms with Crippen LogP contribution in [0.4, 0.5) is 4.79 Å². The van der Waals surface area contributed by atoms with E-state index in [2.05, 4.69) is 33.1 Å². The van der Waals surface area contributed by atoms with Gasteiger partial charge in [0.1, 0.15) is 23.2 Å². The van der Waals surface area contributed by atoms with E-state index in [0.717, 1.165) is 64.9 Å². The number of carbonyl (C=O) groups excluding carboxylic acids is 5. The average molecular weight is 977 g/mol. The van der Waals surface area contributed by atoms with Gasteiger partial charge in [-0.25, -0.2) is 9.78 Å². The maximum absolute atomic E-state index is 14.7. The summed E-state index contributed by atoms with van der Waals surface area (Å²) < 4.78 is 18.0. The molecule has 0 bridgehead atoms. The first-order chi connectivity index (χ1) is 33.6. The van der Waals surface area contributed by atoms with Gasteiger partial charge in [-0.3, -0.25) is 19.2 Å². The molecule has 4 aromatic rings. The molecule has 2 fully saturated rings. The molecule has 7 atom stereocenters. The Morgan fingerprint density at radius 1 is 0.843 bits per heavy atom. The lowest BCUT2D eigenvalue weighted by Gasteiger charge is -2.41. The number of amides is 5. The second-order valence-electron chi connectivity index (χ2n) is 20.1. The molecular formula is C55H72N6O8S. The average Bonchev–Trinajstić information content (AvgIpc) is 4.21. The number of ether oxygens (including phenoxy) is 3. The molecule has 1 saturated carbocycles. The molecule has 5 amide bonds. The number of thiazole rings is 1. The lowest BCUT2D eigenvalue weighted by Crippen LogP contribution is -2.62. The zero-order valence-electron chi connectivity index (χ0n) is 42.0. The summed E-state index contributed by atoms with van der Waals surface area (Å²) in [6.45, 7) is 9.36. The topological polar surface area (TPSA) is 168 Å². The number of hydrogen-bond donors (Lipinski definition) is 3. The number of nitrogens with one attached hydrogen (secondary N) is 3. The molecule has 70 heavy (non-hydrogen) atoms. The van der Waals surface area contributed by atoms with E-state index in [9.17, 15) is 24.0 Å². The minimum atomic E-state index is -1.43. The SMILES string of the molecule is CO[C@H]([C@@H](C)C(=O)N[C@@H](Cc1ccccc1)c1nccs1)[C@@H]1CCCN1C(=O)C[C@@H](OC)[C@H](C1CCCC1)N(C)C(=O)[C@@H](NC(=O)C(C)(C)NC(=O)OCC1c2ccccc2-c2ccccc21)C(C)C. The van der Waals surface area contributed by atoms with Crippen LogP contribution in [0, 0.1) is 17.8 Å². The number of carbonyl (C=O) groups is 5. The number of nitrogens with zero attached hydrogens (tertiary/aromatic N) is 3. The van der Waals surface area contributed by atoms with Crippen LogP contribution in [0.15, 0.2) is 90.4 Å². The van der Waals surface area contributed by atoms with E-state index < -0.39 is 47.7 Å². The summed E-state index contributed by atoms with van der Waals surface area (Å²) in [5.41, 5.74) is 4.03. The highest BCUT2D eigenvalue weighted by Crippen LogP contribution is 2.44. The highest BCUT2D eigenvalue weighted by molar-refractivity contribution is 7.09. The van der Waals surface area contributed by atoms with E-state index in [4.69, 9.17) is 14.2 Å². The highest BCUT2D eigenvalue weighted by Gasteiger charge is 2.45. The van der Waals surface area contributed by atoms with Crippen molar-refractivity contribution in [2.45, 2.75) is 134 Å². The number of methoxy groups -OCH3 is 2. The van der Waals surface area contributed by atoms with E-state index in [1.807, 2.05) is 97.8 Å². The highest BCUT2D eigenvalue weighted by atomic mass is 32.1. The largest absolute Gasteiger partial charge is 0.449 e. The summed E-state index contributed by atoms with van der Waals surface area (Å²) in [6.07, 6.45) is 5.51. The van der Waals surface area contributed by atoms with Gasteiger partial charge in [-0.2, -0.15) is 0 Å². The maximum Gasteiger partial charge on any atom is 0.408 e. The molecule has 0 spiro atoms. The summed E-state index contributed by atoms with van der Waals surface area (Å²) in [7, 11) is 4.91. The molecule has 15 heteroatoms. The summed E-state index contributed by atoms with van der Waals surface area (Å²) in [6, 6.07) is 24.1. The molecule has 1 aliphatic heterocycles. The third-order valence-corrected chi connectivity index (χ3v) is 15.7. The van der Waals surface area contributed by atoms with Crippen molar-refractivity contribution in [3.8, 4) is 11.1 Å². The smallest absolute Gasteiger partial charge is 0.408 e. The second kappa shape index (κ2) is 23.5. The van der Waals surface area contributed by atoms with Crippen LogP contribution in [-0.4, -0.2) is 115 Å². The van der Waals surface area contributed by atoms with E-state index in [1.54, 1.807) is 46.2 Å². The maximum atomic E-state index is 14.7. The first-order valence-electron chi connectivity index (χ1n) is 24.9. The van der Waals surface area contributed by atoms with Crippen LogP contribution in [0.3, 0.4) is 0 Å². The van der Waals surface area contributed by atoms with Crippen molar-refractivity contribution in [1.82, 2.24) is 30.7 Å². The third kappa shape index (κ3) is 11.9. The van der Waals surface area contributed by atoms with Crippen molar-refractivity contribution in [1.29, 1.82) is 0 Å². The quantitative estimate of drug-likeness (QED) is 0.0748. The second-order valence-corrected chi connectivity index (χ2v) is 21.1. The Morgan fingerprint density at radius 2 is 1.49 bits per heavy atom. The molecule has 2 heterocycles. The van der Waals surface area contributed by atoms with E-state index in [-0.39, 0.29) is 60.6 Å². The Kier molecular flexibility index (Phi) is 17.5. The monoisotopic (exact) mass is 977 g/mol. The number of likely N-dealkylation sites (N-methyl/N-ethyl adjacent to an activating group) is 1. The Hall–Kier alpha value is -5.64. The lowest BCUT2D eigenvalue weighted by molar-refractivity contribution is -0.148. The van der Waals surface area contributed by atoms with Crippen molar-refractivity contribution in [2.75, 3.05) is 34.4 Å². The first kappa shape index (κ1) is 52.2. The van der Waals surface area contributed by atoms with Crippen molar-refractivity contribution in [3.63, 3.8) is 0 Å². The van der Waals surface area contributed by atoms with Gasteiger partial charge in [0.25, 0.3) is 0 Å². The number of aromatic nitrogens is 1. The van der Waals surface area contributed by atoms with Crippen LogP contribution in [0.5, 0.6) is 0 Å². The molecule has 376 valence electrons. The zero-order chi connectivity index (χ0) is 50.1. The lowest BCUT2D eigenvalue weighted by atomic mass is 9.88. The molecule has 0 radical (unpaired) electrons. The minimum absolute atomic E-state index is 0.0157. The predicted octanol–water partition coefficient (Wildman–Crippen LogP) is 8.07. The molecule has 3 N–H and O–H groups in total. The van der Waals surface area contributed by atoms with Gasteiger partial charge in [-0.1, -0.05) is 112 Å². The molecule has 2 aliphatic carbocycles. The fourth-order valence-corrected chi connectivity index (χ4v) is 11.7. The van der Waals surface area contributed by atoms with E-state index in [0.29, 0.717) is 19.4 Å². The van der Waals surface area contributed by atoms with Crippen molar-refractivity contribution in [3.05, 3.63) is 112 Å². The van der Waals surface area contributed by atoms with Crippen LogP contribution in [-0.2, 0) is 39.8 Å². The van der Waals surface area contributed by atoms with Gasteiger partial charge in [0.2, 0.25) is 23.6 Å². The van der Waals surface area contributed by atoms with Crippen LogP contribution >= 0.6 is 11.3 Å².